The molecule has 1 saturated heterocycles. The Hall–Kier alpha value is -3.00. The third-order valence-electron chi connectivity index (χ3n) is 6.67. The Bertz CT molecular complexity index is 1090. The Labute approximate surface area is 187 Å². The minimum Gasteiger partial charge on any atom is -0.388 e. The van der Waals surface area contributed by atoms with E-state index in [4.69, 9.17) is 10.6 Å². The zero-order chi connectivity index (χ0) is 22.1. The Morgan fingerprint density at radius 1 is 1.19 bits per heavy atom. The van der Waals surface area contributed by atoms with Gasteiger partial charge in [0.15, 0.2) is 0 Å². The van der Waals surface area contributed by atoms with E-state index < -0.39 is 6.10 Å². The van der Waals surface area contributed by atoms with Crippen LogP contribution in [0.5, 0.6) is 0 Å². The first-order chi connectivity index (χ1) is 15.6. The van der Waals surface area contributed by atoms with E-state index in [2.05, 4.69) is 21.7 Å². The monoisotopic (exact) mass is 432 g/mol. The Morgan fingerprint density at radius 3 is 2.72 bits per heavy atom. The molecule has 1 amide bonds. The number of aliphatic hydroxyl groups is 1. The van der Waals surface area contributed by atoms with Crippen molar-refractivity contribution >= 4 is 11.6 Å². The molecule has 0 aliphatic carbocycles. The molecule has 2 aliphatic rings. The van der Waals surface area contributed by atoms with Crippen molar-refractivity contribution in [2.45, 2.75) is 37.8 Å². The first-order valence-electron chi connectivity index (χ1n) is 11.2. The van der Waals surface area contributed by atoms with Crippen LogP contribution < -0.4 is 10.9 Å². The van der Waals surface area contributed by atoms with E-state index in [0.717, 1.165) is 24.1 Å². The summed E-state index contributed by atoms with van der Waals surface area (Å²) in [4.78, 5) is 16.9. The van der Waals surface area contributed by atoms with Gasteiger partial charge in [-0.05, 0) is 42.0 Å². The second-order valence-corrected chi connectivity index (χ2v) is 8.66. The quantitative estimate of drug-likeness (QED) is 0.353. The van der Waals surface area contributed by atoms with Gasteiger partial charge in [-0.15, -0.1) is 0 Å². The molecule has 0 spiro atoms. The van der Waals surface area contributed by atoms with Crippen molar-refractivity contribution in [2.24, 2.45) is 11.8 Å². The third kappa shape index (κ3) is 3.95. The van der Waals surface area contributed by atoms with Gasteiger partial charge in [0.2, 0.25) is 5.91 Å². The summed E-state index contributed by atoms with van der Waals surface area (Å²) in [6.07, 6.45) is 5.80. The highest BCUT2D eigenvalue weighted by atomic mass is 16.5. The maximum Gasteiger partial charge on any atom is 0.241 e. The fourth-order valence-electron chi connectivity index (χ4n) is 4.82. The van der Waals surface area contributed by atoms with Gasteiger partial charge in [-0.2, -0.15) is 0 Å². The van der Waals surface area contributed by atoms with E-state index in [-0.39, 0.29) is 11.9 Å². The number of anilines is 1. The molecular weight excluding hydrogens is 404 g/mol. The molecule has 1 aromatic heterocycles. The van der Waals surface area contributed by atoms with Gasteiger partial charge < -0.3 is 14.4 Å². The molecule has 1 fully saturated rings. The Morgan fingerprint density at radius 2 is 1.94 bits per heavy atom. The number of hydrogen-bond acceptors (Lipinski definition) is 5. The molecular formula is C25H28N4O3. The lowest BCUT2D eigenvalue weighted by molar-refractivity contribution is -0.120. The maximum atomic E-state index is 12.6. The van der Waals surface area contributed by atoms with Crippen molar-refractivity contribution in [1.29, 1.82) is 0 Å². The largest absolute Gasteiger partial charge is 0.388 e. The van der Waals surface area contributed by atoms with Crippen molar-refractivity contribution < 1.29 is 14.6 Å². The lowest BCUT2D eigenvalue weighted by Gasteiger charge is -2.24. The topological polar surface area (TPSA) is 93.6 Å². The fraction of sp³-hybridized carbons (Fsp3) is 0.360. The summed E-state index contributed by atoms with van der Waals surface area (Å²) in [6.45, 7) is 1.42. The predicted octanol–water partition coefficient (Wildman–Crippen LogP) is 3.60. The third-order valence-corrected chi connectivity index (χ3v) is 6.67. The number of nitrogens with zero attached hydrogens (tertiary/aromatic N) is 3. The van der Waals surface area contributed by atoms with Crippen LogP contribution in [0, 0.1) is 5.92 Å². The molecule has 7 nitrogen and oxygen atoms in total. The van der Waals surface area contributed by atoms with Gasteiger partial charge in [-0.3, -0.25) is 4.79 Å². The molecule has 2 atom stereocenters. The molecule has 32 heavy (non-hydrogen) atoms. The minimum atomic E-state index is -0.653. The van der Waals surface area contributed by atoms with Crippen LogP contribution in [0.4, 0.5) is 5.69 Å². The Balaban J connectivity index is 1.26. The van der Waals surface area contributed by atoms with Crippen LogP contribution in [-0.2, 0) is 9.53 Å². The summed E-state index contributed by atoms with van der Waals surface area (Å²) in [5.74, 6) is 6.32. The van der Waals surface area contributed by atoms with E-state index >= 15 is 0 Å². The zero-order valence-corrected chi connectivity index (χ0v) is 17.9. The molecule has 2 aromatic carbocycles. The number of carbonyl (C=O) groups excluding carboxylic acids is 1. The average molecular weight is 433 g/mol. The lowest BCUT2D eigenvalue weighted by Crippen LogP contribution is -2.39. The first-order valence-corrected chi connectivity index (χ1v) is 11.2. The first kappa shape index (κ1) is 20.9. The summed E-state index contributed by atoms with van der Waals surface area (Å²) in [5.41, 5.74) is 4.87. The molecule has 7 heteroatoms. The van der Waals surface area contributed by atoms with Gasteiger partial charge in [0, 0.05) is 31.6 Å². The highest BCUT2D eigenvalue weighted by molar-refractivity contribution is 5.92. The number of ether oxygens (including phenoxy) is 1. The number of aromatic nitrogens is 2. The van der Waals surface area contributed by atoms with Gasteiger partial charge in [0.1, 0.15) is 0 Å². The molecule has 2 aliphatic heterocycles. The highest BCUT2D eigenvalue weighted by Crippen LogP contribution is 2.43. The number of fused-ring (bicyclic) bond motifs is 3. The van der Waals surface area contributed by atoms with Gasteiger partial charge in [0.05, 0.1) is 36.1 Å². The molecule has 3 heterocycles. The van der Waals surface area contributed by atoms with Crippen LogP contribution in [0.1, 0.15) is 49.0 Å². The SMILES string of the molecule is NN(C(=O)CC1CCOCC1)c1ccc(C(O)CC2c3ccccc3-c3cncn32)cc1. The number of nitrogens with two attached hydrogens (primary N) is 1. The summed E-state index contributed by atoms with van der Waals surface area (Å²) in [6, 6.07) is 15.6. The van der Waals surface area contributed by atoms with Crippen LogP contribution in [0.3, 0.4) is 0 Å². The predicted molar refractivity (Wildman–Crippen MR) is 122 cm³/mol. The maximum absolute atomic E-state index is 12.6. The molecule has 3 N–H and O–H groups in total. The summed E-state index contributed by atoms with van der Waals surface area (Å²) >= 11 is 0. The second kappa shape index (κ2) is 8.86. The van der Waals surface area contributed by atoms with Gasteiger partial charge >= 0.3 is 0 Å². The van der Waals surface area contributed by atoms with Crippen LogP contribution in [0.25, 0.3) is 11.3 Å². The van der Waals surface area contributed by atoms with Crippen LogP contribution in [-0.4, -0.2) is 33.8 Å². The standard InChI is InChI=1S/C25H28N4O3/c26-29(25(31)13-17-9-11-32-12-10-17)19-7-5-18(6-8-19)24(30)14-22-20-3-1-2-4-21(20)23-15-27-16-28(22)23/h1-8,15-17,22,24,30H,9-14,26H2. The Kier molecular flexibility index (Phi) is 5.78. The number of rotatable bonds is 6. The van der Waals surface area contributed by atoms with E-state index in [1.807, 2.05) is 36.8 Å². The molecule has 0 radical (unpaired) electrons. The number of imidazole rings is 1. The zero-order valence-electron chi connectivity index (χ0n) is 17.9. The molecule has 3 aromatic rings. The normalized spacial score (nSPS) is 18.8. The van der Waals surface area contributed by atoms with E-state index in [1.165, 1.54) is 16.1 Å². The summed E-state index contributed by atoms with van der Waals surface area (Å²) in [7, 11) is 0. The fourth-order valence-corrected chi connectivity index (χ4v) is 4.82. The van der Waals surface area contributed by atoms with Gasteiger partial charge in [-0.25, -0.2) is 15.8 Å². The van der Waals surface area contributed by atoms with Crippen molar-refractivity contribution in [3.8, 4) is 11.3 Å². The van der Waals surface area contributed by atoms with Crippen LogP contribution in [0.2, 0.25) is 0 Å². The van der Waals surface area contributed by atoms with Gasteiger partial charge in [-0.1, -0.05) is 36.4 Å². The van der Waals surface area contributed by atoms with E-state index in [1.54, 1.807) is 12.1 Å². The number of amides is 1. The minimum absolute atomic E-state index is 0.0328. The van der Waals surface area contributed by atoms with E-state index in [0.29, 0.717) is 37.7 Å². The number of aliphatic hydroxyl groups excluding tert-OH is 1. The second-order valence-electron chi connectivity index (χ2n) is 8.66. The van der Waals surface area contributed by atoms with Crippen LogP contribution >= 0.6 is 0 Å². The number of benzene rings is 2. The van der Waals surface area contributed by atoms with Gasteiger partial charge in [0.25, 0.3) is 0 Å². The lowest BCUT2D eigenvalue weighted by atomic mass is 9.95. The molecule has 5 rings (SSSR count). The van der Waals surface area contributed by atoms with E-state index in [9.17, 15) is 9.90 Å². The highest BCUT2D eigenvalue weighted by Gasteiger charge is 2.30. The van der Waals surface area contributed by atoms with Crippen molar-refractivity contribution in [3.05, 3.63) is 72.2 Å². The summed E-state index contributed by atoms with van der Waals surface area (Å²) in [5, 5.41) is 12.2. The van der Waals surface area contributed by atoms with Crippen LogP contribution in [0.15, 0.2) is 61.1 Å². The van der Waals surface area contributed by atoms with Crippen molar-refractivity contribution in [1.82, 2.24) is 9.55 Å². The average Bonchev–Trinajstić information content (AvgIpc) is 3.42. The number of hydrazine groups is 1. The molecule has 0 saturated carbocycles. The molecule has 0 bridgehead atoms. The number of hydrogen-bond donors (Lipinski definition) is 2. The van der Waals surface area contributed by atoms with Crippen molar-refractivity contribution in [2.75, 3.05) is 18.2 Å². The molecule has 2 unspecified atom stereocenters. The number of carbonyl (C=O) groups is 1. The van der Waals surface area contributed by atoms with Crippen molar-refractivity contribution in [3.63, 3.8) is 0 Å². The smallest absolute Gasteiger partial charge is 0.241 e. The summed E-state index contributed by atoms with van der Waals surface area (Å²) < 4.78 is 7.48. The molecule has 166 valence electrons.